The Balaban J connectivity index is 1.51. The van der Waals surface area contributed by atoms with Crippen LogP contribution in [0.1, 0.15) is 37.6 Å². The summed E-state index contributed by atoms with van der Waals surface area (Å²) < 4.78 is 14.4. The van der Waals surface area contributed by atoms with Crippen LogP contribution in [0.4, 0.5) is 10.2 Å². The highest BCUT2D eigenvalue weighted by Crippen LogP contribution is 2.31. The average molecular weight is 579 g/mol. The SMILES string of the molecule is CCN(CC)C(C)CNC(=O)c1cc(-c2cnn3ccc(-c4cccs4)nc23)nc(N2CC[C@H]2C(=O)NCCF)c1. The van der Waals surface area contributed by atoms with Crippen molar-refractivity contribution in [3.05, 3.63) is 53.7 Å². The summed E-state index contributed by atoms with van der Waals surface area (Å²) in [5.41, 5.74) is 3.07. The molecule has 4 aromatic rings. The molecule has 12 heteroatoms. The van der Waals surface area contributed by atoms with E-state index in [1.807, 2.05) is 34.7 Å². The number of likely N-dealkylation sites (N-methyl/N-ethyl adjacent to an activating group) is 1. The van der Waals surface area contributed by atoms with Crippen LogP contribution < -0.4 is 15.5 Å². The largest absolute Gasteiger partial charge is 0.352 e. The number of anilines is 1. The maximum atomic E-state index is 13.4. The van der Waals surface area contributed by atoms with Gasteiger partial charge in [-0.3, -0.25) is 14.5 Å². The van der Waals surface area contributed by atoms with E-state index in [1.54, 1.807) is 34.2 Å². The van der Waals surface area contributed by atoms with E-state index < -0.39 is 12.7 Å². The number of nitrogens with one attached hydrogen (secondary N) is 2. The molecule has 1 aliphatic heterocycles. The van der Waals surface area contributed by atoms with E-state index in [1.165, 1.54) is 0 Å². The van der Waals surface area contributed by atoms with Gasteiger partial charge >= 0.3 is 0 Å². The monoisotopic (exact) mass is 578 g/mol. The third-order valence-electron chi connectivity index (χ3n) is 7.50. The van der Waals surface area contributed by atoms with Crippen molar-refractivity contribution in [1.29, 1.82) is 0 Å². The highest BCUT2D eigenvalue weighted by Gasteiger charge is 2.35. The van der Waals surface area contributed by atoms with Crippen molar-refractivity contribution in [3.63, 3.8) is 0 Å². The maximum Gasteiger partial charge on any atom is 0.251 e. The summed E-state index contributed by atoms with van der Waals surface area (Å²) in [5.74, 6) is 0.0276. The Morgan fingerprint density at radius 1 is 1.17 bits per heavy atom. The number of halogens is 1. The molecule has 4 aromatic heterocycles. The first-order valence-corrected chi connectivity index (χ1v) is 14.8. The number of rotatable bonds is 12. The average Bonchev–Trinajstić information content (AvgIpc) is 3.65. The Labute approximate surface area is 242 Å². The van der Waals surface area contributed by atoms with Gasteiger partial charge in [0.05, 0.1) is 28.0 Å². The van der Waals surface area contributed by atoms with Gasteiger partial charge in [0, 0.05) is 37.4 Å². The van der Waals surface area contributed by atoms with Gasteiger partial charge in [0.2, 0.25) is 5.91 Å². The Hall–Kier alpha value is -3.90. The highest BCUT2D eigenvalue weighted by atomic mass is 32.1. The first-order chi connectivity index (χ1) is 19.9. The van der Waals surface area contributed by atoms with Gasteiger partial charge in [0.1, 0.15) is 18.5 Å². The summed E-state index contributed by atoms with van der Waals surface area (Å²) in [6, 6.07) is 9.06. The van der Waals surface area contributed by atoms with Crippen molar-refractivity contribution in [3.8, 4) is 21.8 Å². The van der Waals surface area contributed by atoms with Crippen LogP contribution in [-0.2, 0) is 4.79 Å². The third-order valence-corrected chi connectivity index (χ3v) is 8.39. The van der Waals surface area contributed by atoms with Crippen LogP contribution >= 0.6 is 11.3 Å². The number of carbonyl (C=O) groups is 2. The predicted molar refractivity (Wildman–Crippen MR) is 159 cm³/mol. The third kappa shape index (κ3) is 6.08. The fraction of sp³-hybridized carbons (Fsp3) is 0.414. The van der Waals surface area contributed by atoms with Crippen molar-refractivity contribution in [2.75, 3.05) is 44.3 Å². The van der Waals surface area contributed by atoms with Crippen molar-refractivity contribution >= 4 is 34.6 Å². The van der Waals surface area contributed by atoms with Gasteiger partial charge in [-0.2, -0.15) is 5.10 Å². The molecule has 0 radical (unpaired) electrons. The molecule has 216 valence electrons. The summed E-state index contributed by atoms with van der Waals surface area (Å²) in [6.45, 7) is 8.52. The van der Waals surface area contributed by atoms with E-state index in [2.05, 4.69) is 41.4 Å². The standard InChI is InChI=1S/C29H35FN8O2S/c1-4-36(5-2)19(3)17-32-28(39)20-15-23(34-26(16-20)37-12-9-24(37)29(40)31-11-10-30)21-18-33-38-13-8-22(35-27(21)38)25-7-6-14-41-25/h6-8,13-16,18-19,24H,4-5,9-12,17H2,1-3H3,(H,31,40)(H,32,39)/t19?,24-/m0/s1. The van der Waals surface area contributed by atoms with Crippen LogP contribution in [0.2, 0.25) is 0 Å². The molecule has 2 amide bonds. The molecule has 0 aliphatic carbocycles. The van der Waals surface area contributed by atoms with Crippen LogP contribution in [0, 0.1) is 0 Å². The molecule has 5 heterocycles. The number of nitrogens with zero attached hydrogens (tertiary/aromatic N) is 6. The lowest BCUT2D eigenvalue weighted by Gasteiger charge is -2.40. The lowest BCUT2D eigenvalue weighted by Crippen LogP contribution is -2.57. The number of alkyl halides is 1. The van der Waals surface area contributed by atoms with Crippen molar-refractivity contribution in [1.82, 2.24) is 35.1 Å². The molecule has 0 saturated carbocycles. The Bertz CT molecular complexity index is 1500. The Morgan fingerprint density at radius 3 is 2.68 bits per heavy atom. The minimum absolute atomic E-state index is 0.0321. The molecule has 0 bridgehead atoms. The summed E-state index contributed by atoms with van der Waals surface area (Å²) in [4.78, 5) is 41.0. The summed E-state index contributed by atoms with van der Waals surface area (Å²) in [5, 5.41) is 12.2. The van der Waals surface area contributed by atoms with Crippen molar-refractivity contribution in [2.45, 2.75) is 39.3 Å². The van der Waals surface area contributed by atoms with E-state index >= 15 is 0 Å². The smallest absolute Gasteiger partial charge is 0.251 e. The molecule has 1 aliphatic rings. The van der Waals surface area contributed by atoms with E-state index in [-0.39, 0.29) is 24.4 Å². The Kier molecular flexibility index (Phi) is 8.89. The topological polar surface area (TPSA) is 108 Å². The first kappa shape index (κ1) is 28.6. The lowest BCUT2D eigenvalue weighted by molar-refractivity contribution is -0.123. The van der Waals surface area contributed by atoms with Gasteiger partial charge in [-0.1, -0.05) is 19.9 Å². The van der Waals surface area contributed by atoms with Crippen LogP contribution in [-0.4, -0.2) is 87.8 Å². The molecule has 1 unspecified atom stereocenters. The van der Waals surface area contributed by atoms with Gasteiger partial charge in [0.15, 0.2) is 5.65 Å². The molecule has 0 spiro atoms. The zero-order chi connectivity index (χ0) is 28.9. The minimum Gasteiger partial charge on any atom is -0.352 e. The van der Waals surface area contributed by atoms with E-state index in [4.69, 9.17) is 9.97 Å². The zero-order valence-corrected chi connectivity index (χ0v) is 24.3. The molecule has 2 N–H and O–H groups in total. The molecule has 5 rings (SSSR count). The normalized spacial score (nSPS) is 15.6. The Morgan fingerprint density at radius 2 is 2.00 bits per heavy atom. The molecular formula is C29H35FN8O2S. The molecular weight excluding hydrogens is 543 g/mol. The first-order valence-electron chi connectivity index (χ1n) is 14.0. The van der Waals surface area contributed by atoms with Gasteiger partial charge in [-0.25, -0.2) is 18.9 Å². The van der Waals surface area contributed by atoms with Crippen molar-refractivity contribution < 1.29 is 14.0 Å². The second-order valence-corrected chi connectivity index (χ2v) is 10.9. The second-order valence-electron chi connectivity index (χ2n) is 9.97. The number of aromatic nitrogens is 4. The van der Waals surface area contributed by atoms with E-state index in [9.17, 15) is 14.0 Å². The van der Waals surface area contributed by atoms with E-state index in [0.29, 0.717) is 47.8 Å². The van der Waals surface area contributed by atoms with Crippen LogP contribution in [0.5, 0.6) is 0 Å². The van der Waals surface area contributed by atoms with Crippen LogP contribution in [0.25, 0.3) is 27.5 Å². The maximum absolute atomic E-state index is 13.4. The molecule has 1 saturated heterocycles. The number of thiophene rings is 1. The summed E-state index contributed by atoms with van der Waals surface area (Å²) in [7, 11) is 0. The van der Waals surface area contributed by atoms with Gasteiger partial charge in [-0.05, 0) is 56.1 Å². The van der Waals surface area contributed by atoms with Gasteiger partial charge in [0.25, 0.3) is 5.91 Å². The van der Waals surface area contributed by atoms with E-state index in [0.717, 1.165) is 23.7 Å². The molecule has 1 fully saturated rings. The number of hydrogen-bond acceptors (Lipinski definition) is 8. The molecule has 2 atom stereocenters. The fourth-order valence-corrected chi connectivity index (χ4v) is 5.78. The fourth-order valence-electron chi connectivity index (χ4n) is 5.08. The number of hydrogen-bond donors (Lipinski definition) is 2. The van der Waals surface area contributed by atoms with Crippen molar-refractivity contribution in [2.24, 2.45) is 0 Å². The molecule has 10 nitrogen and oxygen atoms in total. The highest BCUT2D eigenvalue weighted by molar-refractivity contribution is 7.13. The number of fused-ring (bicyclic) bond motifs is 1. The van der Waals surface area contributed by atoms with Crippen LogP contribution in [0.15, 0.2) is 48.1 Å². The van der Waals surface area contributed by atoms with Crippen LogP contribution in [0.3, 0.4) is 0 Å². The number of pyridine rings is 1. The molecule has 0 aromatic carbocycles. The summed E-state index contributed by atoms with van der Waals surface area (Å²) >= 11 is 1.60. The minimum atomic E-state index is -0.627. The molecule has 41 heavy (non-hydrogen) atoms. The second kappa shape index (κ2) is 12.7. The van der Waals surface area contributed by atoms with Gasteiger partial charge in [-0.15, -0.1) is 11.3 Å². The number of amides is 2. The zero-order valence-electron chi connectivity index (χ0n) is 23.5. The quantitative estimate of drug-likeness (QED) is 0.264. The number of carbonyl (C=O) groups excluding carboxylic acids is 2. The summed E-state index contributed by atoms with van der Waals surface area (Å²) in [6.07, 6.45) is 4.17. The lowest BCUT2D eigenvalue weighted by atomic mass is 10.0. The predicted octanol–water partition coefficient (Wildman–Crippen LogP) is 3.64. The van der Waals surface area contributed by atoms with Gasteiger partial charge < -0.3 is 15.5 Å².